The Bertz CT molecular complexity index is 390. The summed E-state index contributed by atoms with van der Waals surface area (Å²) >= 11 is 0. The minimum absolute atomic E-state index is 0.0492. The van der Waals surface area contributed by atoms with Gasteiger partial charge in [-0.25, -0.2) is 4.79 Å². The summed E-state index contributed by atoms with van der Waals surface area (Å²) in [7, 11) is 0. The molecule has 5 heteroatoms. The SMILES string of the molecule is O=C(O)C1COC(Cc2ccccc2O)O1. The lowest BCUT2D eigenvalue weighted by molar-refractivity contribution is -0.150. The van der Waals surface area contributed by atoms with Gasteiger partial charge in [0.05, 0.1) is 6.61 Å². The molecule has 0 saturated carbocycles. The molecular weight excluding hydrogens is 212 g/mol. The summed E-state index contributed by atoms with van der Waals surface area (Å²) in [5, 5.41) is 18.2. The van der Waals surface area contributed by atoms with Gasteiger partial charge in [0.25, 0.3) is 0 Å². The fourth-order valence-corrected chi connectivity index (χ4v) is 1.56. The number of phenols is 1. The van der Waals surface area contributed by atoms with Crippen LogP contribution in [-0.4, -0.2) is 35.2 Å². The highest BCUT2D eigenvalue weighted by Crippen LogP contribution is 2.22. The highest BCUT2D eigenvalue weighted by atomic mass is 16.7. The molecule has 1 aliphatic rings. The van der Waals surface area contributed by atoms with E-state index in [1.54, 1.807) is 24.3 Å². The Labute approximate surface area is 92.2 Å². The predicted molar refractivity (Wildman–Crippen MR) is 54.1 cm³/mol. The van der Waals surface area contributed by atoms with Crippen LogP contribution in [0.15, 0.2) is 24.3 Å². The third-order valence-corrected chi connectivity index (χ3v) is 2.40. The van der Waals surface area contributed by atoms with E-state index in [1.165, 1.54) is 0 Å². The van der Waals surface area contributed by atoms with Crippen molar-refractivity contribution in [2.24, 2.45) is 0 Å². The Morgan fingerprint density at radius 3 is 2.81 bits per heavy atom. The van der Waals surface area contributed by atoms with Crippen LogP contribution in [0.1, 0.15) is 5.56 Å². The molecule has 1 fully saturated rings. The second kappa shape index (κ2) is 4.51. The molecule has 1 aromatic rings. The highest BCUT2D eigenvalue weighted by Gasteiger charge is 2.31. The molecule has 2 N–H and O–H groups in total. The van der Waals surface area contributed by atoms with E-state index in [0.29, 0.717) is 12.0 Å². The van der Waals surface area contributed by atoms with Gasteiger partial charge in [-0.15, -0.1) is 0 Å². The van der Waals surface area contributed by atoms with Crippen LogP contribution in [0.3, 0.4) is 0 Å². The van der Waals surface area contributed by atoms with Gasteiger partial charge >= 0.3 is 5.97 Å². The molecule has 0 bridgehead atoms. The first-order valence-electron chi connectivity index (χ1n) is 4.93. The Kier molecular flexibility index (Phi) is 3.07. The lowest BCUT2D eigenvalue weighted by Crippen LogP contribution is -2.23. The summed E-state index contributed by atoms with van der Waals surface area (Å²) < 4.78 is 10.3. The van der Waals surface area contributed by atoms with E-state index in [1.807, 2.05) is 0 Å². The van der Waals surface area contributed by atoms with E-state index in [2.05, 4.69) is 0 Å². The third kappa shape index (κ3) is 2.32. The van der Waals surface area contributed by atoms with E-state index in [9.17, 15) is 9.90 Å². The van der Waals surface area contributed by atoms with Crippen LogP contribution in [0.2, 0.25) is 0 Å². The van der Waals surface area contributed by atoms with E-state index in [0.717, 1.165) is 0 Å². The minimum Gasteiger partial charge on any atom is -0.508 e. The number of hydrogen-bond donors (Lipinski definition) is 2. The molecule has 5 nitrogen and oxygen atoms in total. The fourth-order valence-electron chi connectivity index (χ4n) is 1.56. The number of para-hydroxylation sites is 1. The van der Waals surface area contributed by atoms with Gasteiger partial charge in [0.1, 0.15) is 5.75 Å². The summed E-state index contributed by atoms with van der Waals surface area (Å²) in [6.07, 6.45) is -1.17. The molecule has 1 aliphatic heterocycles. The normalized spacial score (nSPS) is 24.5. The molecular formula is C11H12O5. The number of benzene rings is 1. The van der Waals surface area contributed by atoms with Gasteiger partial charge < -0.3 is 19.7 Å². The summed E-state index contributed by atoms with van der Waals surface area (Å²) in [6, 6.07) is 6.82. The summed E-state index contributed by atoms with van der Waals surface area (Å²) in [6.45, 7) is 0.0492. The molecule has 0 radical (unpaired) electrons. The number of aromatic hydroxyl groups is 1. The summed E-state index contributed by atoms with van der Waals surface area (Å²) in [5.41, 5.74) is 0.679. The van der Waals surface area contributed by atoms with Crippen LogP contribution in [0.25, 0.3) is 0 Å². The maximum Gasteiger partial charge on any atom is 0.335 e. The van der Waals surface area contributed by atoms with Gasteiger partial charge in [-0.1, -0.05) is 18.2 Å². The first kappa shape index (κ1) is 10.9. The molecule has 1 heterocycles. The zero-order valence-corrected chi connectivity index (χ0v) is 8.50. The van der Waals surface area contributed by atoms with Crippen LogP contribution in [0, 0.1) is 0 Å². The Morgan fingerprint density at radius 2 is 2.19 bits per heavy atom. The average Bonchev–Trinajstić information content (AvgIpc) is 2.70. The van der Waals surface area contributed by atoms with Crippen molar-refractivity contribution in [1.29, 1.82) is 0 Å². The van der Waals surface area contributed by atoms with Crippen molar-refractivity contribution in [3.63, 3.8) is 0 Å². The Morgan fingerprint density at radius 1 is 1.44 bits per heavy atom. The van der Waals surface area contributed by atoms with Crippen LogP contribution in [0.4, 0.5) is 0 Å². The Hall–Kier alpha value is -1.59. The van der Waals surface area contributed by atoms with Crippen LogP contribution < -0.4 is 0 Å². The molecule has 0 aromatic heterocycles. The molecule has 0 amide bonds. The van der Waals surface area contributed by atoms with Crippen LogP contribution >= 0.6 is 0 Å². The van der Waals surface area contributed by atoms with Crippen molar-refractivity contribution < 1.29 is 24.5 Å². The van der Waals surface area contributed by atoms with Crippen molar-refractivity contribution in [2.75, 3.05) is 6.61 Å². The van der Waals surface area contributed by atoms with Gasteiger partial charge in [0.2, 0.25) is 0 Å². The van der Waals surface area contributed by atoms with Crippen molar-refractivity contribution in [3.8, 4) is 5.75 Å². The quantitative estimate of drug-likeness (QED) is 0.792. The molecule has 16 heavy (non-hydrogen) atoms. The average molecular weight is 224 g/mol. The second-order valence-electron chi connectivity index (χ2n) is 3.56. The lowest BCUT2D eigenvalue weighted by atomic mass is 10.1. The van der Waals surface area contributed by atoms with Crippen LogP contribution in [0.5, 0.6) is 5.75 Å². The highest BCUT2D eigenvalue weighted by molar-refractivity contribution is 5.72. The second-order valence-corrected chi connectivity index (χ2v) is 3.56. The first-order valence-corrected chi connectivity index (χ1v) is 4.93. The van der Waals surface area contributed by atoms with Crippen LogP contribution in [-0.2, 0) is 20.7 Å². The largest absolute Gasteiger partial charge is 0.508 e. The molecule has 2 unspecified atom stereocenters. The number of ether oxygens (including phenoxy) is 2. The van der Waals surface area contributed by atoms with Gasteiger partial charge in [0.15, 0.2) is 12.4 Å². The number of hydrogen-bond acceptors (Lipinski definition) is 4. The van der Waals surface area contributed by atoms with Crippen molar-refractivity contribution in [2.45, 2.75) is 18.8 Å². The van der Waals surface area contributed by atoms with Crippen molar-refractivity contribution >= 4 is 5.97 Å². The topological polar surface area (TPSA) is 76.0 Å². The van der Waals surface area contributed by atoms with Gasteiger partial charge in [-0.2, -0.15) is 0 Å². The first-order chi connectivity index (χ1) is 7.66. The van der Waals surface area contributed by atoms with Crippen molar-refractivity contribution in [3.05, 3.63) is 29.8 Å². The van der Waals surface area contributed by atoms with Gasteiger partial charge in [-0.3, -0.25) is 0 Å². The van der Waals surface area contributed by atoms with Crippen molar-refractivity contribution in [1.82, 2.24) is 0 Å². The van der Waals surface area contributed by atoms with E-state index in [4.69, 9.17) is 14.6 Å². The summed E-state index contributed by atoms with van der Waals surface area (Å²) in [5.74, 6) is -0.867. The summed E-state index contributed by atoms with van der Waals surface area (Å²) in [4.78, 5) is 10.6. The molecule has 2 atom stereocenters. The maximum absolute atomic E-state index is 10.6. The van der Waals surface area contributed by atoms with E-state index >= 15 is 0 Å². The fraction of sp³-hybridized carbons (Fsp3) is 0.364. The zero-order chi connectivity index (χ0) is 11.5. The molecule has 0 aliphatic carbocycles. The monoisotopic (exact) mass is 224 g/mol. The van der Waals surface area contributed by atoms with E-state index in [-0.39, 0.29) is 12.4 Å². The zero-order valence-electron chi connectivity index (χ0n) is 8.50. The molecule has 0 spiro atoms. The minimum atomic E-state index is -1.03. The number of phenolic OH excluding ortho intramolecular Hbond substituents is 1. The maximum atomic E-state index is 10.6. The Balaban J connectivity index is 1.97. The number of carboxylic acid groups (broad SMARTS) is 1. The number of aliphatic carboxylic acids is 1. The predicted octanol–water partition coefficient (Wildman–Crippen LogP) is 0.761. The van der Waals surface area contributed by atoms with Gasteiger partial charge in [0, 0.05) is 6.42 Å². The molecule has 2 rings (SSSR count). The molecule has 1 saturated heterocycles. The third-order valence-electron chi connectivity index (χ3n) is 2.40. The number of carbonyl (C=O) groups is 1. The standard InChI is InChI=1S/C11H12O5/c12-8-4-2-1-3-7(8)5-10-15-6-9(16-10)11(13)14/h1-4,9-10,12H,5-6H2,(H,13,14). The lowest BCUT2D eigenvalue weighted by Gasteiger charge is -2.10. The van der Waals surface area contributed by atoms with E-state index < -0.39 is 18.4 Å². The number of carboxylic acids is 1. The number of rotatable bonds is 3. The molecule has 86 valence electrons. The molecule has 1 aromatic carbocycles. The smallest absolute Gasteiger partial charge is 0.335 e. The van der Waals surface area contributed by atoms with Gasteiger partial charge in [-0.05, 0) is 11.6 Å².